The Bertz CT molecular complexity index is 1290. The molecule has 1 aliphatic carbocycles. The number of benzene rings is 3. The van der Waals surface area contributed by atoms with E-state index in [9.17, 15) is 24.3 Å². The lowest BCUT2D eigenvalue weighted by atomic mass is 9.84. The van der Waals surface area contributed by atoms with Gasteiger partial charge in [0.2, 0.25) is 0 Å². The van der Waals surface area contributed by atoms with E-state index in [0.29, 0.717) is 16.7 Å². The Balaban J connectivity index is 1.50. The summed E-state index contributed by atoms with van der Waals surface area (Å²) in [5.74, 6) is -2.23. The van der Waals surface area contributed by atoms with Gasteiger partial charge in [-0.3, -0.25) is 14.4 Å². The summed E-state index contributed by atoms with van der Waals surface area (Å²) in [6.45, 7) is 3.03. The Morgan fingerprint density at radius 2 is 1.50 bits per heavy atom. The van der Waals surface area contributed by atoms with Gasteiger partial charge in [-0.2, -0.15) is 0 Å². The summed E-state index contributed by atoms with van der Waals surface area (Å²) in [6, 6.07) is 15.7. The number of aryl methyl sites for hydroxylation is 1. The summed E-state index contributed by atoms with van der Waals surface area (Å²) in [5.41, 5.74) is 1.88. The van der Waals surface area contributed by atoms with E-state index in [1.807, 2.05) is 0 Å². The molecule has 0 saturated carbocycles. The molecule has 1 aliphatic rings. The van der Waals surface area contributed by atoms with Gasteiger partial charge in [0, 0.05) is 27.9 Å². The zero-order chi connectivity index (χ0) is 23.0. The molecule has 0 radical (unpaired) electrons. The van der Waals surface area contributed by atoms with Crippen LogP contribution in [0.3, 0.4) is 0 Å². The van der Waals surface area contributed by atoms with Crippen LogP contribution in [0.4, 0.5) is 5.69 Å². The Kier molecular flexibility index (Phi) is 5.32. The number of para-hydroxylation sites is 1. The molecule has 7 nitrogen and oxygen atoms in total. The molecule has 160 valence electrons. The molecule has 0 heterocycles. The minimum Gasteiger partial charge on any atom is -0.507 e. The molecular formula is C25H19NO6. The summed E-state index contributed by atoms with van der Waals surface area (Å²) in [7, 11) is 0. The highest BCUT2D eigenvalue weighted by atomic mass is 16.5. The fraction of sp³-hybridized carbons (Fsp3) is 0.120. The largest absolute Gasteiger partial charge is 0.507 e. The number of phenolic OH excluding ortho intramolecular Hbond substituents is 1. The van der Waals surface area contributed by atoms with Crippen molar-refractivity contribution < 1.29 is 29.0 Å². The maximum absolute atomic E-state index is 12.8. The minimum atomic E-state index is -1.17. The first-order valence-electron chi connectivity index (χ1n) is 9.91. The number of nitrogens with one attached hydrogen (secondary N) is 1. The van der Waals surface area contributed by atoms with Crippen molar-refractivity contribution in [1.29, 1.82) is 0 Å². The average molecular weight is 429 g/mol. The van der Waals surface area contributed by atoms with Gasteiger partial charge in [-0.1, -0.05) is 36.4 Å². The lowest BCUT2D eigenvalue weighted by molar-refractivity contribution is -0.123. The summed E-state index contributed by atoms with van der Waals surface area (Å²) in [4.78, 5) is 50.4. The van der Waals surface area contributed by atoms with Crippen LogP contribution < -0.4 is 5.32 Å². The molecule has 7 heteroatoms. The number of hydrogen-bond acceptors (Lipinski definition) is 6. The maximum Gasteiger partial charge on any atom is 0.342 e. The standard InChI is InChI=1S/C25H19NO6/c1-13-6-5-9-19(21(13)27)25(31)32-14(2)24(30)26-15-10-11-18-20(12-15)23(29)17-8-4-3-7-16(17)22(18)28/h3-12,14,27H,1-2H3,(H,26,30). The number of ether oxygens (including phenoxy) is 1. The van der Waals surface area contributed by atoms with Crippen LogP contribution in [0.1, 0.15) is 54.7 Å². The van der Waals surface area contributed by atoms with E-state index in [0.717, 1.165) is 0 Å². The number of aromatic hydroxyl groups is 1. The molecule has 3 aromatic rings. The minimum absolute atomic E-state index is 0.0406. The second kappa shape index (κ2) is 8.11. The third-order valence-electron chi connectivity index (χ3n) is 5.30. The van der Waals surface area contributed by atoms with Crippen LogP contribution in [-0.4, -0.2) is 34.7 Å². The summed E-state index contributed by atoms with van der Waals surface area (Å²) in [6.07, 6.45) is -1.17. The van der Waals surface area contributed by atoms with Gasteiger partial charge in [-0.05, 0) is 43.7 Å². The number of rotatable bonds is 4. The smallest absolute Gasteiger partial charge is 0.342 e. The first kappa shape index (κ1) is 21.0. The number of amides is 1. The molecule has 3 aromatic carbocycles. The summed E-state index contributed by atoms with van der Waals surface area (Å²) in [5, 5.41) is 12.6. The molecule has 1 atom stereocenters. The van der Waals surface area contributed by atoms with Gasteiger partial charge < -0.3 is 15.2 Å². The fourth-order valence-electron chi connectivity index (χ4n) is 3.52. The number of esters is 1. The van der Waals surface area contributed by atoms with Crippen molar-refractivity contribution >= 4 is 29.1 Å². The predicted molar refractivity (Wildman–Crippen MR) is 116 cm³/mol. The van der Waals surface area contributed by atoms with Crippen molar-refractivity contribution in [2.24, 2.45) is 0 Å². The van der Waals surface area contributed by atoms with Crippen LogP contribution in [0, 0.1) is 6.92 Å². The molecule has 0 saturated heterocycles. The van der Waals surface area contributed by atoms with E-state index in [1.165, 1.54) is 31.2 Å². The van der Waals surface area contributed by atoms with Crippen LogP contribution >= 0.6 is 0 Å². The number of fused-ring (bicyclic) bond motifs is 2. The Labute approximate surface area is 183 Å². The molecule has 0 aromatic heterocycles. The van der Waals surface area contributed by atoms with Crippen molar-refractivity contribution in [2.45, 2.75) is 20.0 Å². The highest BCUT2D eigenvalue weighted by molar-refractivity contribution is 6.28. The molecule has 4 rings (SSSR count). The monoisotopic (exact) mass is 429 g/mol. The lowest BCUT2D eigenvalue weighted by Gasteiger charge is -2.19. The topological polar surface area (TPSA) is 110 Å². The number of carbonyl (C=O) groups excluding carboxylic acids is 4. The SMILES string of the molecule is Cc1cccc(C(=O)OC(C)C(=O)Nc2ccc3c(c2)C(=O)c2ccccc2C3=O)c1O. The predicted octanol–water partition coefficient (Wildman–Crippen LogP) is 3.66. The first-order chi connectivity index (χ1) is 15.3. The molecule has 1 unspecified atom stereocenters. The van der Waals surface area contributed by atoms with E-state index < -0.39 is 18.0 Å². The molecule has 32 heavy (non-hydrogen) atoms. The third-order valence-corrected chi connectivity index (χ3v) is 5.30. The number of anilines is 1. The van der Waals surface area contributed by atoms with E-state index in [-0.39, 0.29) is 39.7 Å². The van der Waals surface area contributed by atoms with Crippen LogP contribution in [0.5, 0.6) is 5.75 Å². The van der Waals surface area contributed by atoms with Gasteiger partial charge in [-0.25, -0.2) is 4.79 Å². The van der Waals surface area contributed by atoms with Gasteiger partial charge in [0.25, 0.3) is 5.91 Å². The van der Waals surface area contributed by atoms with Crippen molar-refractivity contribution in [1.82, 2.24) is 0 Å². The van der Waals surface area contributed by atoms with Crippen LogP contribution in [-0.2, 0) is 9.53 Å². The van der Waals surface area contributed by atoms with Crippen molar-refractivity contribution in [3.8, 4) is 5.75 Å². The average Bonchev–Trinajstić information content (AvgIpc) is 2.79. The van der Waals surface area contributed by atoms with Gasteiger partial charge in [0.1, 0.15) is 11.3 Å². The molecule has 0 aliphatic heterocycles. The second-order valence-corrected chi connectivity index (χ2v) is 7.47. The maximum atomic E-state index is 12.8. The van der Waals surface area contributed by atoms with E-state index >= 15 is 0 Å². The van der Waals surface area contributed by atoms with Gasteiger partial charge in [0.15, 0.2) is 17.7 Å². The van der Waals surface area contributed by atoms with Crippen molar-refractivity contribution in [3.05, 3.63) is 94.0 Å². The highest BCUT2D eigenvalue weighted by Gasteiger charge is 2.30. The quantitative estimate of drug-likeness (QED) is 0.479. The van der Waals surface area contributed by atoms with Crippen LogP contribution in [0.2, 0.25) is 0 Å². The molecule has 2 N–H and O–H groups in total. The Morgan fingerprint density at radius 3 is 2.19 bits per heavy atom. The Hall–Kier alpha value is -4.26. The van der Waals surface area contributed by atoms with Crippen molar-refractivity contribution in [2.75, 3.05) is 5.32 Å². The number of phenols is 1. The molecule has 1 amide bonds. The van der Waals surface area contributed by atoms with Crippen molar-refractivity contribution in [3.63, 3.8) is 0 Å². The van der Waals surface area contributed by atoms with Crippen LogP contribution in [0.15, 0.2) is 60.7 Å². The van der Waals surface area contributed by atoms with E-state index in [4.69, 9.17) is 4.74 Å². The second-order valence-electron chi connectivity index (χ2n) is 7.47. The fourth-order valence-corrected chi connectivity index (χ4v) is 3.52. The normalized spacial score (nSPS) is 13.1. The number of carbonyl (C=O) groups is 4. The van der Waals surface area contributed by atoms with E-state index in [1.54, 1.807) is 43.3 Å². The lowest BCUT2D eigenvalue weighted by Crippen LogP contribution is -2.30. The third kappa shape index (κ3) is 3.65. The van der Waals surface area contributed by atoms with Gasteiger partial charge in [0.05, 0.1) is 0 Å². The molecular weight excluding hydrogens is 410 g/mol. The molecule has 0 fully saturated rings. The van der Waals surface area contributed by atoms with Crippen LogP contribution in [0.25, 0.3) is 0 Å². The number of ketones is 2. The zero-order valence-corrected chi connectivity index (χ0v) is 17.3. The number of hydrogen-bond donors (Lipinski definition) is 2. The highest BCUT2D eigenvalue weighted by Crippen LogP contribution is 2.29. The Morgan fingerprint density at radius 1 is 0.875 bits per heavy atom. The van der Waals surface area contributed by atoms with Gasteiger partial charge >= 0.3 is 5.97 Å². The zero-order valence-electron chi connectivity index (χ0n) is 17.3. The van der Waals surface area contributed by atoms with E-state index in [2.05, 4.69) is 5.32 Å². The molecule has 0 bridgehead atoms. The molecule has 0 spiro atoms. The summed E-state index contributed by atoms with van der Waals surface area (Å²) >= 11 is 0. The first-order valence-corrected chi connectivity index (χ1v) is 9.91. The summed E-state index contributed by atoms with van der Waals surface area (Å²) < 4.78 is 5.17. The van der Waals surface area contributed by atoms with Gasteiger partial charge in [-0.15, -0.1) is 0 Å².